The van der Waals surface area contributed by atoms with Crippen LogP contribution in [0.1, 0.15) is 48.3 Å². The normalized spacial score (nSPS) is 12.0. The maximum absolute atomic E-state index is 13.0. The minimum atomic E-state index is -3.74. The van der Waals surface area contributed by atoms with Crippen LogP contribution >= 0.6 is 0 Å². The first-order valence-electron chi connectivity index (χ1n) is 9.70. The van der Waals surface area contributed by atoms with Crippen molar-refractivity contribution < 1.29 is 13.2 Å². The van der Waals surface area contributed by atoms with Crippen LogP contribution in [0.2, 0.25) is 0 Å². The van der Waals surface area contributed by atoms with Gasteiger partial charge in [-0.05, 0) is 50.1 Å². The molecule has 0 aliphatic rings. The maximum atomic E-state index is 13.0. The Hall–Kier alpha value is -2.96. The maximum Gasteiger partial charge on any atom is 0.252 e. The molecule has 156 valence electrons. The van der Waals surface area contributed by atoms with Crippen LogP contribution in [0.25, 0.3) is 0 Å². The number of hydrogen-bond donors (Lipinski definition) is 2. The Balaban J connectivity index is 1.90. The number of hydrogen-bond acceptors (Lipinski definition) is 3. The van der Waals surface area contributed by atoms with E-state index in [4.69, 9.17) is 0 Å². The van der Waals surface area contributed by atoms with Gasteiger partial charge >= 0.3 is 0 Å². The van der Waals surface area contributed by atoms with Gasteiger partial charge < -0.3 is 5.32 Å². The van der Waals surface area contributed by atoms with Crippen molar-refractivity contribution in [2.45, 2.75) is 37.2 Å². The van der Waals surface area contributed by atoms with Gasteiger partial charge in [0.25, 0.3) is 5.91 Å². The number of carbonyl (C=O) groups is 1. The predicted octanol–water partition coefficient (Wildman–Crippen LogP) is 4.28. The zero-order valence-electron chi connectivity index (χ0n) is 17.3. The third-order valence-electron chi connectivity index (χ3n) is 4.39. The zero-order valence-corrected chi connectivity index (χ0v) is 18.1. The van der Waals surface area contributed by atoms with Crippen LogP contribution in [-0.4, -0.2) is 19.9 Å². The second kappa shape index (κ2) is 8.81. The van der Waals surface area contributed by atoms with E-state index >= 15 is 0 Å². The summed E-state index contributed by atoms with van der Waals surface area (Å²) in [6.45, 7) is 5.31. The van der Waals surface area contributed by atoms with Crippen LogP contribution in [0.15, 0.2) is 89.8 Å². The third-order valence-corrected chi connectivity index (χ3v) is 6.14. The zero-order chi connectivity index (χ0) is 21.8. The van der Waals surface area contributed by atoms with Crippen molar-refractivity contribution in [3.05, 3.63) is 102 Å². The van der Waals surface area contributed by atoms with Gasteiger partial charge in [-0.3, -0.25) is 4.79 Å². The molecule has 0 saturated heterocycles. The van der Waals surface area contributed by atoms with E-state index in [1.165, 1.54) is 12.1 Å². The molecular formula is C24H26N2O3S. The summed E-state index contributed by atoms with van der Waals surface area (Å²) in [6, 6.07) is 25.0. The number of benzene rings is 3. The fraction of sp³-hybridized carbons (Fsp3) is 0.208. The second-order valence-electron chi connectivity index (χ2n) is 8.11. The van der Waals surface area contributed by atoms with Crippen molar-refractivity contribution in [1.82, 2.24) is 10.0 Å². The Morgan fingerprint density at radius 2 is 1.33 bits per heavy atom. The van der Waals surface area contributed by atoms with E-state index in [9.17, 15) is 13.2 Å². The Morgan fingerprint density at radius 3 is 1.83 bits per heavy atom. The molecule has 0 atom stereocenters. The van der Waals surface area contributed by atoms with Crippen LogP contribution in [0.5, 0.6) is 0 Å². The number of amides is 1. The molecule has 1 amide bonds. The van der Waals surface area contributed by atoms with Gasteiger partial charge in [0.05, 0.1) is 10.9 Å². The molecule has 3 aromatic carbocycles. The average Bonchev–Trinajstić information content (AvgIpc) is 2.71. The van der Waals surface area contributed by atoms with E-state index in [1.54, 1.807) is 32.9 Å². The van der Waals surface area contributed by atoms with Crippen molar-refractivity contribution in [3.63, 3.8) is 0 Å². The first-order valence-corrected chi connectivity index (χ1v) is 11.2. The molecule has 0 heterocycles. The van der Waals surface area contributed by atoms with E-state index in [0.29, 0.717) is 0 Å². The van der Waals surface area contributed by atoms with Gasteiger partial charge in [0.1, 0.15) is 0 Å². The van der Waals surface area contributed by atoms with Gasteiger partial charge in [-0.1, -0.05) is 66.7 Å². The van der Waals surface area contributed by atoms with E-state index < -0.39 is 15.6 Å². The summed E-state index contributed by atoms with van der Waals surface area (Å²) in [4.78, 5) is 13.1. The molecular weight excluding hydrogens is 396 g/mol. The highest BCUT2D eigenvalue weighted by Crippen LogP contribution is 2.23. The summed E-state index contributed by atoms with van der Waals surface area (Å²) in [6.07, 6.45) is 0. The molecule has 0 bridgehead atoms. The molecule has 0 aliphatic heterocycles. The van der Waals surface area contributed by atoms with Gasteiger partial charge in [0, 0.05) is 11.1 Å². The fourth-order valence-corrected chi connectivity index (χ4v) is 4.59. The standard InChI is InChI=1S/C24H26N2O3S/c1-24(2,3)26-30(28,29)21-16-10-15-20(17-21)23(27)25-22(18-11-6-4-7-12-18)19-13-8-5-9-14-19/h4-17,22,26H,1-3H3,(H,25,27). The summed E-state index contributed by atoms with van der Waals surface area (Å²) >= 11 is 0. The van der Waals surface area contributed by atoms with E-state index in [2.05, 4.69) is 10.0 Å². The monoisotopic (exact) mass is 422 g/mol. The number of carbonyl (C=O) groups excluding carboxylic acids is 1. The lowest BCUT2D eigenvalue weighted by atomic mass is 9.98. The first-order chi connectivity index (χ1) is 14.2. The lowest BCUT2D eigenvalue weighted by Gasteiger charge is -2.21. The Labute approximate surface area is 178 Å². The number of rotatable bonds is 6. The summed E-state index contributed by atoms with van der Waals surface area (Å²) < 4.78 is 27.9. The predicted molar refractivity (Wildman–Crippen MR) is 119 cm³/mol. The smallest absolute Gasteiger partial charge is 0.252 e. The highest BCUT2D eigenvalue weighted by molar-refractivity contribution is 7.89. The highest BCUT2D eigenvalue weighted by atomic mass is 32.2. The molecule has 0 radical (unpaired) electrons. The van der Waals surface area contributed by atoms with Crippen LogP contribution in [-0.2, 0) is 10.0 Å². The molecule has 0 aromatic heterocycles. The molecule has 3 rings (SSSR count). The van der Waals surface area contributed by atoms with Crippen molar-refractivity contribution in [3.8, 4) is 0 Å². The van der Waals surface area contributed by atoms with Crippen molar-refractivity contribution >= 4 is 15.9 Å². The van der Waals surface area contributed by atoms with E-state index in [-0.39, 0.29) is 22.4 Å². The molecule has 0 spiro atoms. The lowest BCUT2D eigenvalue weighted by molar-refractivity contribution is 0.0942. The van der Waals surface area contributed by atoms with Crippen LogP contribution in [0.4, 0.5) is 0 Å². The molecule has 0 fully saturated rings. The van der Waals surface area contributed by atoms with Gasteiger partial charge in [-0.2, -0.15) is 0 Å². The molecule has 30 heavy (non-hydrogen) atoms. The van der Waals surface area contributed by atoms with Crippen molar-refractivity contribution in [2.24, 2.45) is 0 Å². The Morgan fingerprint density at radius 1 is 0.800 bits per heavy atom. The van der Waals surface area contributed by atoms with Crippen LogP contribution < -0.4 is 10.0 Å². The van der Waals surface area contributed by atoms with E-state index in [1.807, 2.05) is 60.7 Å². The SMILES string of the molecule is CC(C)(C)NS(=O)(=O)c1cccc(C(=O)NC(c2ccccc2)c2ccccc2)c1. The Kier molecular flexibility index (Phi) is 6.39. The molecule has 3 aromatic rings. The summed E-state index contributed by atoms with van der Waals surface area (Å²) in [5.41, 5.74) is 1.54. The van der Waals surface area contributed by atoms with Crippen LogP contribution in [0.3, 0.4) is 0 Å². The van der Waals surface area contributed by atoms with Gasteiger partial charge in [-0.25, -0.2) is 13.1 Å². The Bertz CT molecular complexity index is 1070. The minimum Gasteiger partial charge on any atom is -0.341 e. The van der Waals surface area contributed by atoms with Crippen molar-refractivity contribution in [2.75, 3.05) is 0 Å². The molecule has 0 aliphatic carbocycles. The average molecular weight is 423 g/mol. The van der Waals surface area contributed by atoms with Crippen LogP contribution in [0, 0.1) is 0 Å². The molecule has 0 saturated carbocycles. The molecule has 0 unspecified atom stereocenters. The molecule has 6 heteroatoms. The largest absolute Gasteiger partial charge is 0.341 e. The van der Waals surface area contributed by atoms with E-state index in [0.717, 1.165) is 11.1 Å². The highest BCUT2D eigenvalue weighted by Gasteiger charge is 2.23. The molecule has 5 nitrogen and oxygen atoms in total. The number of sulfonamides is 1. The summed E-state index contributed by atoms with van der Waals surface area (Å²) in [7, 11) is -3.74. The quantitative estimate of drug-likeness (QED) is 0.622. The first kappa shape index (κ1) is 21.7. The van der Waals surface area contributed by atoms with Crippen molar-refractivity contribution in [1.29, 1.82) is 0 Å². The minimum absolute atomic E-state index is 0.0565. The van der Waals surface area contributed by atoms with Gasteiger partial charge in [-0.15, -0.1) is 0 Å². The van der Waals surface area contributed by atoms with Gasteiger partial charge in [0.15, 0.2) is 0 Å². The third kappa shape index (κ3) is 5.55. The topological polar surface area (TPSA) is 75.3 Å². The lowest BCUT2D eigenvalue weighted by Crippen LogP contribution is -2.40. The number of nitrogens with one attached hydrogen (secondary N) is 2. The van der Waals surface area contributed by atoms with Gasteiger partial charge in [0.2, 0.25) is 10.0 Å². The second-order valence-corrected chi connectivity index (χ2v) is 9.79. The summed E-state index contributed by atoms with van der Waals surface area (Å²) in [5, 5.41) is 3.04. The fourth-order valence-electron chi connectivity index (χ4n) is 3.13. The summed E-state index contributed by atoms with van der Waals surface area (Å²) in [5.74, 6) is -0.347. The molecule has 2 N–H and O–H groups in total.